The molecule has 1 aromatic heterocycles. The van der Waals surface area contributed by atoms with Crippen LogP contribution in [0.5, 0.6) is 0 Å². The summed E-state index contributed by atoms with van der Waals surface area (Å²) in [5, 5.41) is 3.32. The molecular weight excluding hydrogens is 266 g/mol. The van der Waals surface area contributed by atoms with Gasteiger partial charge in [0.15, 0.2) is 0 Å². The van der Waals surface area contributed by atoms with E-state index < -0.39 is 0 Å². The summed E-state index contributed by atoms with van der Waals surface area (Å²) >= 11 is 0. The number of nitrogens with zero attached hydrogens (tertiary/aromatic N) is 4. The highest BCUT2D eigenvalue weighted by Crippen LogP contribution is 2.08. The van der Waals surface area contributed by atoms with Crippen molar-refractivity contribution in [1.29, 1.82) is 0 Å². The summed E-state index contributed by atoms with van der Waals surface area (Å²) < 4.78 is 0. The molecule has 21 heavy (non-hydrogen) atoms. The van der Waals surface area contributed by atoms with Crippen molar-refractivity contribution >= 4 is 11.9 Å². The molecule has 0 atom stereocenters. The molecule has 0 aromatic carbocycles. The minimum Gasteiger partial charge on any atom is -0.347 e. The Labute approximate surface area is 127 Å². The molecule has 1 N–H and O–H groups in total. The van der Waals surface area contributed by atoms with Gasteiger partial charge in [0, 0.05) is 45.1 Å². The Morgan fingerprint density at radius 3 is 2.38 bits per heavy atom. The highest BCUT2D eigenvalue weighted by Gasteiger charge is 2.14. The van der Waals surface area contributed by atoms with Gasteiger partial charge in [-0.2, -0.15) is 0 Å². The largest absolute Gasteiger partial charge is 0.347 e. The summed E-state index contributed by atoms with van der Waals surface area (Å²) in [6.45, 7) is 7.06. The van der Waals surface area contributed by atoms with Gasteiger partial charge in [0.05, 0.1) is 6.54 Å². The molecule has 0 spiro atoms. The van der Waals surface area contributed by atoms with Gasteiger partial charge < -0.3 is 15.1 Å². The van der Waals surface area contributed by atoms with E-state index in [0.29, 0.717) is 12.5 Å². The second kappa shape index (κ2) is 9.28. The Hall–Kier alpha value is -1.69. The molecule has 0 aliphatic carbocycles. The lowest BCUT2D eigenvalue weighted by atomic mass is 10.3. The molecule has 0 saturated heterocycles. The van der Waals surface area contributed by atoms with Crippen molar-refractivity contribution in [1.82, 2.24) is 20.2 Å². The number of likely N-dealkylation sites (N-methyl/N-ethyl adjacent to an activating group) is 1. The topological polar surface area (TPSA) is 61.4 Å². The van der Waals surface area contributed by atoms with Crippen LogP contribution in [-0.2, 0) is 11.3 Å². The van der Waals surface area contributed by atoms with Crippen LogP contribution in [0.4, 0.5) is 5.95 Å². The fourth-order valence-electron chi connectivity index (χ4n) is 1.84. The minimum atomic E-state index is 0.0562. The molecule has 1 heterocycles. The molecular formula is C15H27N5O. The van der Waals surface area contributed by atoms with E-state index in [4.69, 9.17) is 0 Å². The first kappa shape index (κ1) is 17.4. The maximum absolute atomic E-state index is 11.9. The summed E-state index contributed by atoms with van der Waals surface area (Å²) in [6, 6.07) is 0. The number of nitrogens with one attached hydrogen (secondary N) is 1. The zero-order valence-electron chi connectivity index (χ0n) is 13.6. The highest BCUT2D eigenvalue weighted by atomic mass is 16.2. The van der Waals surface area contributed by atoms with E-state index in [1.165, 1.54) is 0 Å². The summed E-state index contributed by atoms with van der Waals surface area (Å²) in [6.07, 6.45) is 5.71. The standard InChI is InChI=1S/C15H27N5O/c1-5-7-16-9-13-10-17-15(18-11-13)20(8-6-2)12-14(21)19(3)4/h10-11,16H,5-9,12H2,1-4H3. The van der Waals surface area contributed by atoms with Gasteiger partial charge in [-0.25, -0.2) is 9.97 Å². The monoisotopic (exact) mass is 293 g/mol. The van der Waals surface area contributed by atoms with E-state index in [1.54, 1.807) is 19.0 Å². The number of rotatable bonds is 9. The molecule has 0 unspecified atom stereocenters. The maximum atomic E-state index is 11.9. The van der Waals surface area contributed by atoms with Crippen LogP contribution >= 0.6 is 0 Å². The quantitative estimate of drug-likeness (QED) is 0.695. The minimum absolute atomic E-state index is 0.0562. The number of anilines is 1. The van der Waals surface area contributed by atoms with E-state index in [2.05, 4.69) is 29.1 Å². The third kappa shape index (κ3) is 6.08. The lowest BCUT2D eigenvalue weighted by molar-refractivity contribution is -0.127. The molecule has 0 radical (unpaired) electrons. The highest BCUT2D eigenvalue weighted by molar-refractivity contribution is 5.80. The molecule has 0 saturated carbocycles. The Morgan fingerprint density at radius 1 is 1.19 bits per heavy atom. The van der Waals surface area contributed by atoms with Crippen molar-refractivity contribution in [2.75, 3.05) is 38.6 Å². The van der Waals surface area contributed by atoms with Crippen LogP contribution in [-0.4, -0.2) is 54.5 Å². The van der Waals surface area contributed by atoms with E-state index in [0.717, 1.165) is 38.0 Å². The van der Waals surface area contributed by atoms with Crippen LogP contribution in [0.3, 0.4) is 0 Å². The molecule has 1 aromatic rings. The Balaban J connectivity index is 2.67. The van der Waals surface area contributed by atoms with Crippen LogP contribution in [0, 0.1) is 0 Å². The lowest BCUT2D eigenvalue weighted by Crippen LogP contribution is -2.38. The van der Waals surface area contributed by atoms with Crippen LogP contribution < -0.4 is 10.2 Å². The van der Waals surface area contributed by atoms with Gasteiger partial charge in [0.2, 0.25) is 11.9 Å². The summed E-state index contributed by atoms with van der Waals surface area (Å²) in [5.74, 6) is 0.673. The molecule has 0 aliphatic heterocycles. The summed E-state index contributed by atoms with van der Waals surface area (Å²) in [5.41, 5.74) is 1.06. The number of hydrogen-bond donors (Lipinski definition) is 1. The average molecular weight is 293 g/mol. The average Bonchev–Trinajstić information content (AvgIpc) is 2.47. The van der Waals surface area contributed by atoms with E-state index in [9.17, 15) is 4.79 Å². The smallest absolute Gasteiger partial charge is 0.241 e. The molecule has 0 aliphatic rings. The zero-order valence-corrected chi connectivity index (χ0v) is 13.6. The second-order valence-corrected chi connectivity index (χ2v) is 5.28. The van der Waals surface area contributed by atoms with Gasteiger partial charge in [-0.3, -0.25) is 4.79 Å². The Bertz CT molecular complexity index is 419. The fraction of sp³-hybridized carbons (Fsp3) is 0.667. The molecule has 0 fully saturated rings. The number of carbonyl (C=O) groups is 1. The van der Waals surface area contributed by atoms with Gasteiger partial charge >= 0.3 is 0 Å². The van der Waals surface area contributed by atoms with Crippen LogP contribution in [0.2, 0.25) is 0 Å². The van der Waals surface area contributed by atoms with Gasteiger partial charge in [0.25, 0.3) is 0 Å². The van der Waals surface area contributed by atoms with Crippen LogP contribution in [0.1, 0.15) is 32.3 Å². The van der Waals surface area contributed by atoms with Crippen molar-refractivity contribution in [2.24, 2.45) is 0 Å². The lowest BCUT2D eigenvalue weighted by Gasteiger charge is -2.23. The third-order valence-corrected chi connectivity index (χ3v) is 3.05. The number of aromatic nitrogens is 2. The van der Waals surface area contributed by atoms with E-state index in [1.807, 2.05) is 17.3 Å². The fourth-order valence-corrected chi connectivity index (χ4v) is 1.84. The number of amides is 1. The van der Waals surface area contributed by atoms with Crippen molar-refractivity contribution in [3.63, 3.8) is 0 Å². The van der Waals surface area contributed by atoms with Gasteiger partial charge in [-0.1, -0.05) is 13.8 Å². The molecule has 1 rings (SSSR count). The van der Waals surface area contributed by atoms with Crippen molar-refractivity contribution in [3.05, 3.63) is 18.0 Å². The maximum Gasteiger partial charge on any atom is 0.241 e. The number of hydrogen-bond acceptors (Lipinski definition) is 5. The molecule has 118 valence electrons. The normalized spacial score (nSPS) is 10.5. The first-order chi connectivity index (χ1) is 10.1. The SMILES string of the molecule is CCCNCc1cnc(N(CCC)CC(=O)N(C)C)nc1. The van der Waals surface area contributed by atoms with Crippen molar-refractivity contribution < 1.29 is 4.79 Å². The van der Waals surface area contributed by atoms with E-state index in [-0.39, 0.29) is 5.91 Å². The molecule has 6 nitrogen and oxygen atoms in total. The predicted octanol–water partition coefficient (Wildman–Crippen LogP) is 1.28. The van der Waals surface area contributed by atoms with Gasteiger partial charge in [-0.15, -0.1) is 0 Å². The van der Waals surface area contributed by atoms with Crippen LogP contribution in [0.15, 0.2) is 12.4 Å². The molecule has 6 heteroatoms. The van der Waals surface area contributed by atoms with Gasteiger partial charge in [-0.05, 0) is 19.4 Å². The van der Waals surface area contributed by atoms with Crippen molar-refractivity contribution in [3.8, 4) is 0 Å². The Morgan fingerprint density at radius 2 is 1.86 bits per heavy atom. The second-order valence-electron chi connectivity index (χ2n) is 5.28. The molecule has 0 bridgehead atoms. The predicted molar refractivity (Wildman–Crippen MR) is 85.2 cm³/mol. The van der Waals surface area contributed by atoms with Crippen molar-refractivity contribution in [2.45, 2.75) is 33.2 Å². The van der Waals surface area contributed by atoms with E-state index >= 15 is 0 Å². The first-order valence-electron chi connectivity index (χ1n) is 7.55. The Kier molecular flexibility index (Phi) is 7.68. The molecule has 1 amide bonds. The third-order valence-electron chi connectivity index (χ3n) is 3.05. The first-order valence-corrected chi connectivity index (χ1v) is 7.55. The zero-order chi connectivity index (χ0) is 15.7. The number of carbonyl (C=O) groups excluding carboxylic acids is 1. The van der Waals surface area contributed by atoms with Gasteiger partial charge in [0.1, 0.15) is 0 Å². The summed E-state index contributed by atoms with van der Waals surface area (Å²) in [7, 11) is 3.52. The summed E-state index contributed by atoms with van der Waals surface area (Å²) in [4.78, 5) is 24.2. The van der Waals surface area contributed by atoms with Crippen LogP contribution in [0.25, 0.3) is 0 Å².